The van der Waals surface area contributed by atoms with E-state index in [9.17, 15) is 4.79 Å². The summed E-state index contributed by atoms with van der Waals surface area (Å²) in [5, 5.41) is 10.1. The second kappa shape index (κ2) is 11.9. The zero-order valence-corrected chi connectivity index (χ0v) is 21.0. The maximum Gasteiger partial charge on any atom is 0.225 e. The standard InChI is InChI=1S/C20H34N6OS.HI/c1-4-21-19(23-16-8-12-26(13-16)18(27)15(2)3)22-9-7-17-14-28-20(24-17)25-10-5-6-11-25;/h14-16H,4-13H2,1-3H3,(H2,21,22,23);1H. The quantitative estimate of drug-likeness (QED) is 0.320. The van der Waals surface area contributed by atoms with Crippen molar-refractivity contribution in [2.75, 3.05) is 44.2 Å². The van der Waals surface area contributed by atoms with Gasteiger partial charge in [-0.1, -0.05) is 13.8 Å². The number of carbonyl (C=O) groups is 1. The molecule has 0 aliphatic carbocycles. The number of aromatic nitrogens is 1. The van der Waals surface area contributed by atoms with Gasteiger partial charge in [-0.05, 0) is 26.2 Å². The van der Waals surface area contributed by atoms with Crippen LogP contribution in [0, 0.1) is 5.92 Å². The lowest BCUT2D eigenvalue weighted by atomic mass is 10.2. The predicted molar refractivity (Wildman–Crippen MR) is 132 cm³/mol. The maximum atomic E-state index is 12.2. The monoisotopic (exact) mass is 534 g/mol. The molecule has 2 fully saturated rings. The van der Waals surface area contributed by atoms with Crippen LogP contribution in [-0.4, -0.2) is 67.1 Å². The zero-order chi connectivity index (χ0) is 19.9. The van der Waals surface area contributed by atoms with E-state index in [2.05, 4.69) is 27.8 Å². The fraction of sp³-hybridized carbons (Fsp3) is 0.750. The summed E-state index contributed by atoms with van der Waals surface area (Å²) in [6, 6.07) is 0.265. The molecule has 2 N–H and O–H groups in total. The molecule has 164 valence electrons. The Bertz CT molecular complexity index is 674. The van der Waals surface area contributed by atoms with Crippen molar-refractivity contribution in [1.29, 1.82) is 0 Å². The summed E-state index contributed by atoms with van der Waals surface area (Å²) in [5.41, 5.74) is 1.13. The van der Waals surface area contributed by atoms with Crippen LogP contribution in [0.5, 0.6) is 0 Å². The van der Waals surface area contributed by atoms with E-state index in [1.165, 1.54) is 12.8 Å². The highest BCUT2D eigenvalue weighted by Crippen LogP contribution is 2.24. The fourth-order valence-electron chi connectivity index (χ4n) is 3.70. The van der Waals surface area contributed by atoms with Crippen LogP contribution >= 0.6 is 35.3 Å². The number of halogens is 1. The predicted octanol–water partition coefficient (Wildman–Crippen LogP) is 2.72. The number of hydrogen-bond acceptors (Lipinski definition) is 5. The molecule has 1 aromatic heterocycles. The van der Waals surface area contributed by atoms with Crippen LogP contribution < -0.4 is 15.5 Å². The molecule has 7 nitrogen and oxygen atoms in total. The van der Waals surface area contributed by atoms with Crippen molar-refractivity contribution in [3.8, 4) is 0 Å². The van der Waals surface area contributed by atoms with Crippen molar-refractivity contribution in [2.24, 2.45) is 10.9 Å². The largest absolute Gasteiger partial charge is 0.357 e. The van der Waals surface area contributed by atoms with Gasteiger partial charge >= 0.3 is 0 Å². The molecule has 0 radical (unpaired) electrons. The Hall–Kier alpha value is -1.10. The van der Waals surface area contributed by atoms with Crippen molar-refractivity contribution >= 4 is 52.3 Å². The average Bonchev–Trinajstić information content (AvgIpc) is 3.42. The first-order chi connectivity index (χ1) is 13.6. The van der Waals surface area contributed by atoms with E-state index in [-0.39, 0.29) is 41.8 Å². The van der Waals surface area contributed by atoms with Crippen LogP contribution in [-0.2, 0) is 11.2 Å². The van der Waals surface area contributed by atoms with Crippen molar-refractivity contribution < 1.29 is 4.79 Å². The van der Waals surface area contributed by atoms with Gasteiger partial charge in [0.2, 0.25) is 5.91 Å². The highest BCUT2D eigenvalue weighted by molar-refractivity contribution is 14.0. The van der Waals surface area contributed by atoms with Crippen LogP contribution in [0.2, 0.25) is 0 Å². The lowest BCUT2D eigenvalue weighted by molar-refractivity contribution is -0.133. The summed E-state index contributed by atoms with van der Waals surface area (Å²) >= 11 is 1.74. The Morgan fingerprint density at radius 3 is 2.79 bits per heavy atom. The van der Waals surface area contributed by atoms with Gasteiger partial charge in [0.25, 0.3) is 0 Å². The Morgan fingerprint density at radius 2 is 2.10 bits per heavy atom. The van der Waals surface area contributed by atoms with Gasteiger partial charge in [-0.3, -0.25) is 9.79 Å². The Morgan fingerprint density at radius 1 is 1.34 bits per heavy atom. The third-order valence-corrected chi connectivity index (χ3v) is 6.18. The van der Waals surface area contributed by atoms with E-state index in [1.807, 2.05) is 18.7 Å². The number of anilines is 1. The normalized spacial score (nSPS) is 19.6. The summed E-state index contributed by atoms with van der Waals surface area (Å²) in [6.07, 6.45) is 4.37. The molecular formula is C20H35IN6OS. The summed E-state index contributed by atoms with van der Waals surface area (Å²) in [4.78, 5) is 26.0. The summed E-state index contributed by atoms with van der Waals surface area (Å²) in [7, 11) is 0. The average molecular weight is 535 g/mol. The van der Waals surface area contributed by atoms with Gasteiger partial charge < -0.3 is 20.4 Å². The summed E-state index contributed by atoms with van der Waals surface area (Å²) < 4.78 is 0. The van der Waals surface area contributed by atoms with Crippen molar-refractivity contribution in [3.63, 3.8) is 0 Å². The number of aliphatic imine (C=N–C) groups is 1. The van der Waals surface area contributed by atoms with E-state index in [1.54, 1.807) is 11.3 Å². The molecule has 0 aromatic carbocycles. The first-order valence-corrected chi connectivity index (χ1v) is 11.5. The van der Waals surface area contributed by atoms with Crippen molar-refractivity contribution in [3.05, 3.63) is 11.1 Å². The van der Waals surface area contributed by atoms with Crippen LogP contribution in [0.25, 0.3) is 0 Å². The van der Waals surface area contributed by atoms with Gasteiger partial charge in [-0.2, -0.15) is 0 Å². The molecule has 9 heteroatoms. The topological polar surface area (TPSA) is 72.9 Å². The molecule has 29 heavy (non-hydrogen) atoms. The third kappa shape index (κ3) is 6.97. The molecule has 3 heterocycles. The molecule has 1 amide bonds. The van der Waals surface area contributed by atoms with Crippen LogP contribution in [0.1, 0.15) is 45.7 Å². The molecule has 2 aliphatic rings. The van der Waals surface area contributed by atoms with E-state index in [0.717, 1.165) is 62.4 Å². The summed E-state index contributed by atoms with van der Waals surface area (Å²) in [6.45, 7) is 11.4. The minimum atomic E-state index is 0. The van der Waals surface area contributed by atoms with Gasteiger partial charge in [0, 0.05) is 63.0 Å². The molecular weight excluding hydrogens is 499 g/mol. The zero-order valence-electron chi connectivity index (χ0n) is 17.8. The molecule has 2 saturated heterocycles. The number of likely N-dealkylation sites (tertiary alicyclic amines) is 1. The highest BCUT2D eigenvalue weighted by Gasteiger charge is 2.27. The second-order valence-electron chi connectivity index (χ2n) is 7.90. The number of hydrogen-bond donors (Lipinski definition) is 2. The first-order valence-electron chi connectivity index (χ1n) is 10.6. The van der Waals surface area contributed by atoms with E-state index in [0.29, 0.717) is 6.54 Å². The number of thiazole rings is 1. The van der Waals surface area contributed by atoms with Gasteiger partial charge in [0.15, 0.2) is 11.1 Å². The molecule has 1 unspecified atom stereocenters. The molecule has 0 saturated carbocycles. The van der Waals surface area contributed by atoms with Gasteiger partial charge in [0.1, 0.15) is 0 Å². The van der Waals surface area contributed by atoms with Crippen LogP contribution in [0.4, 0.5) is 5.13 Å². The minimum Gasteiger partial charge on any atom is -0.357 e. The molecule has 0 bridgehead atoms. The third-order valence-electron chi connectivity index (χ3n) is 5.23. The minimum absolute atomic E-state index is 0. The van der Waals surface area contributed by atoms with Crippen LogP contribution in [0.3, 0.4) is 0 Å². The van der Waals surface area contributed by atoms with E-state index in [4.69, 9.17) is 9.98 Å². The Balaban J connectivity index is 0.00000300. The van der Waals surface area contributed by atoms with Gasteiger partial charge in [0.05, 0.1) is 5.69 Å². The van der Waals surface area contributed by atoms with E-state index < -0.39 is 0 Å². The van der Waals surface area contributed by atoms with Crippen molar-refractivity contribution in [1.82, 2.24) is 20.5 Å². The first kappa shape index (κ1) is 24.2. The Labute approximate surface area is 195 Å². The fourth-order valence-corrected chi connectivity index (χ4v) is 4.62. The number of rotatable bonds is 7. The number of guanidine groups is 1. The SMILES string of the molecule is CCNC(=NCCc1csc(N2CCCC2)n1)NC1CCN(C(=O)C(C)C)C1.I. The highest BCUT2D eigenvalue weighted by atomic mass is 127. The molecule has 3 rings (SSSR count). The molecule has 1 atom stereocenters. The molecule has 1 aromatic rings. The second-order valence-corrected chi connectivity index (χ2v) is 8.73. The molecule has 2 aliphatic heterocycles. The van der Waals surface area contributed by atoms with Crippen LogP contribution in [0.15, 0.2) is 10.4 Å². The lowest BCUT2D eigenvalue weighted by Gasteiger charge is -2.20. The van der Waals surface area contributed by atoms with Gasteiger partial charge in [-0.25, -0.2) is 4.98 Å². The van der Waals surface area contributed by atoms with E-state index >= 15 is 0 Å². The van der Waals surface area contributed by atoms with Gasteiger partial charge in [-0.15, -0.1) is 35.3 Å². The maximum absolute atomic E-state index is 12.2. The number of nitrogens with one attached hydrogen (secondary N) is 2. The van der Waals surface area contributed by atoms with Crippen molar-refractivity contribution in [2.45, 2.75) is 52.5 Å². The Kier molecular flexibility index (Phi) is 9.94. The number of amides is 1. The smallest absolute Gasteiger partial charge is 0.225 e. The summed E-state index contributed by atoms with van der Waals surface area (Å²) in [5.74, 6) is 1.13. The number of carbonyl (C=O) groups excluding carboxylic acids is 1. The lowest BCUT2D eigenvalue weighted by Crippen LogP contribution is -2.45. The molecule has 0 spiro atoms. The number of nitrogens with zero attached hydrogens (tertiary/aromatic N) is 4.